The number of nitrogens with one attached hydrogen (secondary N) is 1. The molecule has 3 N–H and O–H groups in total. The van der Waals surface area contributed by atoms with Crippen LogP contribution < -0.4 is 11.1 Å². The van der Waals surface area contributed by atoms with Gasteiger partial charge in [-0.25, -0.2) is 0 Å². The summed E-state index contributed by atoms with van der Waals surface area (Å²) in [6, 6.07) is 0.667. The molecule has 0 aliphatic rings. The van der Waals surface area contributed by atoms with Gasteiger partial charge in [0.15, 0.2) is 0 Å². The molecule has 0 aromatic rings. The first kappa shape index (κ1) is 19.9. The molecule has 0 saturated carbocycles. The van der Waals surface area contributed by atoms with Crippen LogP contribution in [0.3, 0.4) is 0 Å². The lowest BCUT2D eigenvalue weighted by molar-refractivity contribution is 0.473. The van der Waals surface area contributed by atoms with Crippen molar-refractivity contribution in [2.45, 2.75) is 103 Å². The largest absolute Gasteiger partial charge is 0.330 e. The van der Waals surface area contributed by atoms with Gasteiger partial charge in [0, 0.05) is 6.04 Å². The summed E-state index contributed by atoms with van der Waals surface area (Å²) in [4.78, 5) is 0. The molecule has 0 bridgehead atoms. The number of hydrogen-bond acceptors (Lipinski definition) is 2. The van der Waals surface area contributed by atoms with Crippen LogP contribution in [0.1, 0.15) is 97.3 Å². The van der Waals surface area contributed by atoms with E-state index in [2.05, 4.69) is 19.2 Å². The zero-order valence-electron chi connectivity index (χ0n) is 14.3. The summed E-state index contributed by atoms with van der Waals surface area (Å²) in [6.07, 6.45) is 18.2. The van der Waals surface area contributed by atoms with E-state index >= 15 is 0 Å². The molecule has 0 heterocycles. The van der Waals surface area contributed by atoms with E-state index in [4.69, 9.17) is 5.73 Å². The van der Waals surface area contributed by atoms with E-state index in [9.17, 15) is 0 Å². The predicted molar refractivity (Wildman–Crippen MR) is 92.2 cm³/mol. The van der Waals surface area contributed by atoms with E-state index in [0.717, 1.165) is 19.5 Å². The van der Waals surface area contributed by atoms with E-state index in [-0.39, 0.29) is 0 Å². The van der Waals surface area contributed by atoms with Crippen molar-refractivity contribution in [3.05, 3.63) is 0 Å². The summed E-state index contributed by atoms with van der Waals surface area (Å²) in [5, 5.41) is 3.54. The molecule has 0 fully saturated rings. The van der Waals surface area contributed by atoms with Crippen LogP contribution in [0.25, 0.3) is 0 Å². The normalized spacial score (nSPS) is 12.8. The Morgan fingerprint density at radius 2 is 1.25 bits per heavy atom. The fraction of sp³-hybridized carbons (Fsp3) is 1.00. The van der Waals surface area contributed by atoms with E-state index < -0.39 is 0 Å². The van der Waals surface area contributed by atoms with Crippen molar-refractivity contribution < 1.29 is 0 Å². The van der Waals surface area contributed by atoms with Crippen LogP contribution in [0.2, 0.25) is 0 Å². The fourth-order valence-corrected chi connectivity index (χ4v) is 2.67. The smallest absolute Gasteiger partial charge is 0.00387 e. The maximum Gasteiger partial charge on any atom is 0.00387 e. The lowest BCUT2D eigenvalue weighted by Crippen LogP contribution is -2.28. The Kier molecular flexibility index (Phi) is 16.9. The molecule has 0 aliphatic heterocycles. The maximum atomic E-state index is 5.49. The van der Waals surface area contributed by atoms with Crippen LogP contribution in [0.4, 0.5) is 0 Å². The molecule has 0 aromatic carbocycles. The highest BCUT2D eigenvalue weighted by Crippen LogP contribution is 2.12. The zero-order chi connectivity index (χ0) is 14.9. The third kappa shape index (κ3) is 16.0. The van der Waals surface area contributed by atoms with Crippen molar-refractivity contribution in [3.8, 4) is 0 Å². The second-order valence-corrected chi connectivity index (χ2v) is 6.32. The van der Waals surface area contributed by atoms with Crippen molar-refractivity contribution >= 4 is 0 Å². The molecule has 2 nitrogen and oxygen atoms in total. The van der Waals surface area contributed by atoms with Crippen molar-refractivity contribution in [1.29, 1.82) is 0 Å². The molecule has 0 saturated heterocycles. The molecule has 0 aromatic heterocycles. The molecule has 0 spiro atoms. The minimum absolute atomic E-state index is 0.667. The molecule has 0 rings (SSSR count). The van der Waals surface area contributed by atoms with Gasteiger partial charge < -0.3 is 11.1 Å². The third-order valence-electron chi connectivity index (χ3n) is 4.11. The average molecular weight is 285 g/mol. The minimum Gasteiger partial charge on any atom is -0.330 e. The highest BCUT2D eigenvalue weighted by Gasteiger charge is 2.00. The van der Waals surface area contributed by atoms with Gasteiger partial charge in [-0.15, -0.1) is 0 Å². The van der Waals surface area contributed by atoms with Crippen LogP contribution >= 0.6 is 0 Å². The number of unbranched alkanes of at least 4 members (excludes halogenated alkanes) is 10. The van der Waals surface area contributed by atoms with Crippen molar-refractivity contribution in [2.24, 2.45) is 5.73 Å². The van der Waals surface area contributed by atoms with Gasteiger partial charge in [0.2, 0.25) is 0 Å². The van der Waals surface area contributed by atoms with Crippen LogP contribution in [-0.2, 0) is 0 Å². The first-order chi connectivity index (χ1) is 9.81. The van der Waals surface area contributed by atoms with Crippen LogP contribution in [0.15, 0.2) is 0 Å². The molecule has 0 aliphatic carbocycles. The molecule has 20 heavy (non-hydrogen) atoms. The van der Waals surface area contributed by atoms with Crippen molar-refractivity contribution in [2.75, 3.05) is 13.1 Å². The predicted octanol–water partition coefficient (Wildman–Crippen LogP) is 5.01. The average Bonchev–Trinajstić information content (AvgIpc) is 2.45. The molecule has 1 unspecified atom stereocenters. The maximum absolute atomic E-state index is 5.49. The van der Waals surface area contributed by atoms with E-state index in [0.29, 0.717) is 6.04 Å². The molecule has 2 heteroatoms. The Bertz CT molecular complexity index is 171. The summed E-state index contributed by atoms with van der Waals surface area (Å²) in [5.41, 5.74) is 5.49. The first-order valence-electron chi connectivity index (χ1n) is 9.24. The van der Waals surface area contributed by atoms with Gasteiger partial charge in [0.1, 0.15) is 0 Å². The lowest BCUT2D eigenvalue weighted by atomic mass is 10.0. The molecule has 1 atom stereocenters. The van der Waals surface area contributed by atoms with Gasteiger partial charge in [0.25, 0.3) is 0 Å². The zero-order valence-corrected chi connectivity index (χ0v) is 14.3. The standard InChI is InChI=1S/C18H40N2/c1-3-4-5-6-7-8-9-10-11-12-13-15-18(2)20-17-14-16-19/h18,20H,3-17,19H2,1-2H3. The van der Waals surface area contributed by atoms with Crippen molar-refractivity contribution in [1.82, 2.24) is 5.32 Å². The second kappa shape index (κ2) is 17.0. The lowest BCUT2D eigenvalue weighted by Gasteiger charge is -2.13. The quantitative estimate of drug-likeness (QED) is 0.391. The summed E-state index contributed by atoms with van der Waals surface area (Å²) in [7, 11) is 0. The van der Waals surface area contributed by atoms with Crippen LogP contribution in [0.5, 0.6) is 0 Å². The van der Waals surface area contributed by atoms with Gasteiger partial charge in [-0.05, 0) is 32.9 Å². The highest BCUT2D eigenvalue weighted by atomic mass is 14.9. The van der Waals surface area contributed by atoms with Gasteiger partial charge in [-0.1, -0.05) is 77.6 Å². The van der Waals surface area contributed by atoms with E-state index in [1.54, 1.807) is 0 Å². The fourth-order valence-electron chi connectivity index (χ4n) is 2.67. The van der Waals surface area contributed by atoms with Gasteiger partial charge in [-0.2, -0.15) is 0 Å². The summed E-state index contributed by atoms with van der Waals surface area (Å²) in [5.74, 6) is 0. The Labute approximate surface area is 128 Å². The summed E-state index contributed by atoms with van der Waals surface area (Å²) >= 11 is 0. The van der Waals surface area contributed by atoms with E-state index in [1.165, 1.54) is 77.0 Å². The number of nitrogens with two attached hydrogens (primary N) is 1. The van der Waals surface area contributed by atoms with E-state index in [1.807, 2.05) is 0 Å². The van der Waals surface area contributed by atoms with Crippen LogP contribution in [0, 0.1) is 0 Å². The molecule has 0 radical (unpaired) electrons. The first-order valence-corrected chi connectivity index (χ1v) is 9.24. The second-order valence-electron chi connectivity index (χ2n) is 6.32. The third-order valence-corrected chi connectivity index (χ3v) is 4.11. The molecular formula is C18H40N2. The number of rotatable bonds is 16. The van der Waals surface area contributed by atoms with Gasteiger partial charge >= 0.3 is 0 Å². The molecule has 122 valence electrons. The van der Waals surface area contributed by atoms with Crippen LogP contribution in [-0.4, -0.2) is 19.1 Å². The minimum atomic E-state index is 0.667. The SMILES string of the molecule is CCCCCCCCCCCCCC(C)NCCCN. The Balaban J connectivity index is 3.05. The summed E-state index contributed by atoms with van der Waals surface area (Å²) in [6.45, 7) is 6.47. The summed E-state index contributed by atoms with van der Waals surface area (Å²) < 4.78 is 0. The Morgan fingerprint density at radius 3 is 1.75 bits per heavy atom. The van der Waals surface area contributed by atoms with Crippen molar-refractivity contribution in [3.63, 3.8) is 0 Å². The Morgan fingerprint density at radius 1 is 0.750 bits per heavy atom. The highest BCUT2D eigenvalue weighted by molar-refractivity contribution is 4.61. The molecular weight excluding hydrogens is 244 g/mol. The monoisotopic (exact) mass is 284 g/mol. The molecule has 0 amide bonds. The van der Waals surface area contributed by atoms with Gasteiger partial charge in [0.05, 0.1) is 0 Å². The van der Waals surface area contributed by atoms with Gasteiger partial charge in [-0.3, -0.25) is 0 Å². The Hall–Kier alpha value is -0.0800. The number of hydrogen-bond donors (Lipinski definition) is 2. The topological polar surface area (TPSA) is 38.0 Å².